The lowest BCUT2D eigenvalue weighted by atomic mass is 10.2. The summed E-state index contributed by atoms with van der Waals surface area (Å²) in [5, 5.41) is 2.28. The van der Waals surface area contributed by atoms with E-state index in [1.165, 1.54) is 7.11 Å². The van der Waals surface area contributed by atoms with E-state index in [-0.39, 0.29) is 24.7 Å². The van der Waals surface area contributed by atoms with Crippen LogP contribution in [0, 0.1) is 11.6 Å². The Balaban J connectivity index is 0.00000256. The van der Waals surface area contributed by atoms with Gasteiger partial charge in [0.05, 0.1) is 6.61 Å². The lowest BCUT2D eigenvalue weighted by Crippen LogP contribution is -2.39. The van der Waals surface area contributed by atoms with Gasteiger partial charge in [-0.25, -0.2) is 8.78 Å². The van der Waals surface area contributed by atoms with Crippen molar-refractivity contribution in [2.45, 2.75) is 6.04 Å². The molecule has 1 aromatic rings. The minimum atomic E-state index is -0.878. The zero-order chi connectivity index (χ0) is 12.1. The Morgan fingerprint density at radius 2 is 1.94 bits per heavy atom. The Morgan fingerprint density at radius 3 is 2.41 bits per heavy atom. The van der Waals surface area contributed by atoms with Gasteiger partial charge >= 0.3 is 0 Å². The lowest BCUT2D eigenvalue weighted by molar-refractivity contribution is -0.118. The topological polar surface area (TPSA) is 64.3 Å². The first-order valence-electron chi connectivity index (χ1n) is 4.54. The van der Waals surface area contributed by atoms with Crippen LogP contribution in [-0.2, 0) is 9.53 Å². The van der Waals surface area contributed by atoms with Crippen molar-refractivity contribution in [3.05, 3.63) is 29.8 Å². The number of hydrogen-bond acceptors (Lipinski definition) is 3. The van der Waals surface area contributed by atoms with E-state index in [4.69, 9.17) is 5.73 Å². The van der Waals surface area contributed by atoms with Crippen molar-refractivity contribution < 1.29 is 18.3 Å². The molecular weight excluding hydrogens is 254 g/mol. The molecule has 0 aromatic heterocycles. The highest BCUT2D eigenvalue weighted by molar-refractivity contribution is 5.94. The number of carbonyl (C=O) groups excluding carboxylic acids is 1. The normalized spacial score (nSPS) is 11.5. The standard InChI is InChI=1S/C10H12F2N2O2.ClH/c1-16-5-9(13)10(15)14-8-3-6(11)2-7(12)4-8;/h2-4,9H,5,13H2,1H3,(H,14,15);1H. The van der Waals surface area contributed by atoms with Crippen molar-refractivity contribution in [3.8, 4) is 0 Å². The van der Waals surface area contributed by atoms with Crippen molar-refractivity contribution in [1.82, 2.24) is 0 Å². The van der Waals surface area contributed by atoms with Gasteiger partial charge in [0.25, 0.3) is 0 Å². The lowest BCUT2D eigenvalue weighted by Gasteiger charge is -2.11. The van der Waals surface area contributed by atoms with E-state index in [1.807, 2.05) is 0 Å². The van der Waals surface area contributed by atoms with Crippen molar-refractivity contribution in [3.63, 3.8) is 0 Å². The molecule has 1 unspecified atom stereocenters. The Labute approximate surface area is 104 Å². The van der Waals surface area contributed by atoms with Crippen LogP contribution in [0.1, 0.15) is 0 Å². The second-order valence-electron chi connectivity index (χ2n) is 3.21. The fourth-order valence-corrected chi connectivity index (χ4v) is 1.12. The SMILES string of the molecule is COCC(N)C(=O)Nc1cc(F)cc(F)c1.Cl. The molecule has 1 rings (SSSR count). The second kappa shape index (κ2) is 7.16. The van der Waals surface area contributed by atoms with Crippen LogP contribution >= 0.6 is 12.4 Å². The quantitative estimate of drug-likeness (QED) is 0.863. The highest BCUT2D eigenvalue weighted by Gasteiger charge is 2.13. The van der Waals surface area contributed by atoms with E-state index in [0.29, 0.717) is 6.07 Å². The van der Waals surface area contributed by atoms with Gasteiger partial charge in [-0.3, -0.25) is 4.79 Å². The zero-order valence-electron chi connectivity index (χ0n) is 9.07. The molecule has 1 amide bonds. The number of carbonyl (C=O) groups is 1. The Hall–Kier alpha value is -1.24. The number of rotatable bonds is 4. The third-order valence-electron chi connectivity index (χ3n) is 1.81. The molecule has 0 radical (unpaired) electrons. The first-order valence-corrected chi connectivity index (χ1v) is 4.54. The molecule has 0 saturated carbocycles. The van der Waals surface area contributed by atoms with Gasteiger partial charge in [0.1, 0.15) is 17.7 Å². The smallest absolute Gasteiger partial charge is 0.243 e. The summed E-state index contributed by atoms with van der Waals surface area (Å²) in [5.74, 6) is -2.10. The molecule has 0 fully saturated rings. The average Bonchev–Trinajstić information content (AvgIpc) is 2.16. The number of methoxy groups -OCH3 is 1. The van der Waals surface area contributed by atoms with Crippen LogP contribution in [0.15, 0.2) is 18.2 Å². The number of nitrogens with one attached hydrogen (secondary N) is 1. The van der Waals surface area contributed by atoms with Crippen LogP contribution in [0.4, 0.5) is 14.5 Å². The van der Waals surface area contributed by atoms with E-state index < -0.39 is 23.6 Å². The summed E-state index contributed by atoms with van der Waals surface area (Å²) >= 11 is 0. The van der Waals surface area contributed by atoms with Gasteiger partial charge in [0.2, 0.25) is 5.91 Å². The van der Waals surface area contributed by atoms with E-state index in [0.717, 1.165) is 12.1 Å². The second-order valence-corrected chi connectivity index (χ2v) is 3.21. The van der Waals surface area contributed by atoms with Crippen molar-refractivity contribution in [1.29, 1.82) is 0 Å². The van der Waals surface area contributed by atoms with Crippen LogP contribution in [0.2, 0.25) is 0 Å². The maximum absolute atomic E-state index is 12.8. The van der Waals surface area contributed by atoms with Crippen LogP contribution in [-0.4, -0.2) is 25.7 Å². The maximum atomic E-state index is 12.8. The van der Waals surface area contributed by atoms with Gasteiger partial charge in [0, 0.05) is 18.9 Å². The van der Waals surface area contributed by atoms with E-state index in [9.17, 15) is 13.6 Å². The summed E-state index contributed by atoms with van der Waals surface area (Å²) in [6.45, 7) is 0.0314. The number of halogens is 3. The van der Waals surface area contributed by atoms with Crippen molar-refractivity contribution in [2.75, 3.05) is 19.0 Å². The van der Waals surface area contributed by atoms with Gasteiger partial charge in [-0.15, -0.1) is 12.4 Å². The van der Waals surface area contributed by atoms with E-state index in [1.54, 1.807) is 0 Å². The maximum Gasteiger partial charge on any atom is 0.243 e. The van der Waals surface area contributed by atoms with Crippen LogP contribution in [0.5, 0.6) is 0 Å². The Kier molecular flexibility index (Phi) is 6.64. The van der Waals surface area contributed by atoms with Crippen LogP contribution in [0.25, 0.3) is 0 Å². The number of hydrogen-bond donors (Lipinski definition) is 2. The number of ether oxygens (including phenoxy) is 1. The van der Waals surface area contributed by atoms with Gasteiger partial charge < -0.3 is 15.8 Å². The predicted molar refractivity (Wildman–Crippen MR) is 62.1 cm³/mol. The summed E-state index contributed by atoms with van der Waals surface area (Å²) in [5.41, 5.74) is 5.45. The largest absolute Gasteiger partial charge is 0.383 e. The Bertz CT molecular complexity index is 370. The number of benzene rings is 1. The summed E-state index contributed by atoms with van der Waals surface area (Å²) in [6, 6.07) is 1.84. The fourth-order valence-electron chi connectivity index (χ4n) is 1.12. The first-order chi connectivity index (χ1) is 7.52. The Morgan fingerprint density at radius 1 is 1.41 bits per heavy atom. The molecule has 0 spiro atoms. The minimum absolute atomic E-state index is 0. The number of amides is 1. The molecule has 0 saturated heterocycles. The molecule has 0 heterocycles. The molecule has 17 heavy (non-hydrogen) atoms. The molecular formula is C10H13ClF2N2O2. The van der Waals surface area contributed by atoms with Crippen molar-refractivity contribution >= 4 is 24.0 Å². The molecule has 0 bridgehead atoms. The third kappa shape index (κ3) is 5.08. The average molecular weight is 267 g/mol. The summed E-state index contributed by atoms with van der Waals surface area (Å²) < 4.78 is 30.2. The molecule has 1 aromatic carbocycles. The summed E-state index contributed by atoms with van der Waals surface area (Å²) in [6.07, 6.45) is 0. The molecule has 0 aliphatic carbocycles. The number of nitrogens with two attached hydrogens (primary N) is 1. The summed E-state index contributed by atoms with van der Waals surface area (Å²) in [7, 11) is 1.40. The predicted octanol–water partition coefficient (Wildman–Crippen LogP) is 1.30. The van der Waals surface area contributed by atoms with Gasteiger partial charge in [-0.1, -0.05) is 0 Å². The highest BCUT2D eigenvalue weighted by atomic mass is 35.5. The molecule has 0 aliphatic rings. The minimum Gasteiger partial charge on any atom is -0.383 e. The van der Waals surface area contributed by atoms with Crippen LogP contribution < -0.4 is 11.1 Å². The first kappa shape index (κ1) is 15.8. The van der Waals surface area contributed by atoms with E-state index >= 15 is 0 Å². The van der Waals surface area contributed by atoms with Crippen molar-refractivity contribution in [2.24, 2.45) is 5.73 Å². The summed E-state index contributed by atoms with van der Waals surface area (Å²) in [4.78, 5) is 11.4. The monoisotopic (exact) mass is 266 g/mol. The zero-order valence-corrected chi connectivity index (χ0v) is 9.89. The van der Waals surface area contributed by atoms with E-state index in [2.05, 4.69) is 10.1 Å². The van der Waals surface area contributed by atoms with Gasteiger partial charge in [0.15, 0.2) is 0 Å². The van der Waals surface area contributed by atoms with Crippen LogP contribution in [0.3, 0.4) is 0 Å². The van der Waals surface area contributed by atoms with Gasteiger partial charge in [-0.2, -0.15) is 0 Å². The molecule has 7 heteroatoms. The van der Waals surface area contributed by atoms with Gasteiger partial charge in [-0.05, 0) is 12.1 Å². The third-order valence-corrected chi connectivity index (χ3v) is 1.81. The fraction of sp³-hybridized carbons (Fsp3) is 0.300. The highest BCUT2D eigenvalue weighted by Crippen LogP contribution is 2.12. The number of anilines is 1. The molecule has 96 valence electrons. The molecule has 4 nitrogen and oxygen atoms in total. The molecule has 1 atom stereocenters. The molecule has 3 N–H and O–H groups in total. The molecule has 0 aliphatic heterocycles.